The lowest BCUT2D eigenvalue weighted by atomic mass is 10.1. The zero-order chi connectivity index (χ0) is 14.7. The van der Waals surface area contributed by atoms with Crippen LogP contribution >= 0.6 is 27.5 Å². The standard InChI is InChI=1S/C15H14BrClN2O/c1-9(10-3-2-4-13(17)6-10)19-15(20)11-5-12(16)8-14(18)7-11/h2-9H,18H2,1H3,(H,19,20). The molecule has 1 atom stereocenters. The van der Waals surface area contributed by atoms with Crippen molar-refractivity contribution in [2.75, 3.05) is 5.73 Å². The van der Waals surface area contributed by atoms with E-state index in [-0.39, 0.29) is 11.9 Å². The summed E-state index contributed by atoms with van der Waals surface area (Å²) in [5.74, 6) is -0.175. The molecule has 3 N–H and O–H groups in total. The van der Waals surface area contributed by atoms with E-state index in [0.29, 0.717) is 16.3 Å². The van der Waals surface area contributed by atoms with E-state index in [4.69, 9.17) is 17.3 Å². The smallest absolute Gasteiger partial charge is 0.251 e. The SMILES string of the molecule is CC(NC(=O)c1cc(N)cc(Br)c1)c1cccc(Cl)c1. The van der Waals surface area contributed by atoms with Crippen LogP contribution < -0.4 is 11.1 Å². The topological polar surface area (TPSA) is 55.1 Å². The molecule has 3 nitrogen and oxygen atoms in total. The highest BCUT2D eigenvalue weighted by Crippen LogP contribution is 2.20. The largest absolute Gasteiger partial charge is 0.399 e. The summed E-state index contributed by atoms with van der Waals surface area (Å²) in [6, 6.07) is 12.4. The number of nitrogen functional groups attached to an aromatic ring is 1. The van der Waals surface area contributed by atoms with Crippen molar-refractivity contribution in [3.05, 3.63) is 63.1 Å². The lowest BCUT2D eigenvalue weighted by Gasteiger charge is -2.15. The van der Waals surface area contributed by atoms with Gasteiger partial charge in [0, 0.05) is 20.7 Å². The van der Waals surface area contributed by atoms with Gasteiger partial charge < -0.3 is 11.1 Å². The summed E-state index contributed by atoms with van der Waals surface area (Å²) in [6.07, 6.45) is 0. The van der Waals surface area contributed by atoms with Gasteiger partial charge in [-0.2, -0.15) is 0 Å². The second-order valence-electron chi connectivity index (χ2n) is 4.52. The van der Waals surface area contributed by atoms with Crippen molar-refractivity contribution in [3.63, 3.8) is 0 Å². The molecule has 1 unspecified atom stereocenters. The Morgan fingerprint density at radius 1 is 1.30 bits per heavy atom. The van der Waals surface area contributed by atoms with Crippen molar-refractivity contribution in [2.24, 2.45) is 0 Å². The first-order chi connectivity index (χ1) is 9.45. The molecule has 0 saturated carbocycles. The van der Waals surface area contributed by atoms with Crippen molar-refractivity contribution in [1.29, 1.82) is 0 Å². The third kappa shape index (κ3) is 3.74. The maximum Gasteiger partial charge on any atom is 0.251 e. The van der Waals surface area contributed by atoms with Gasteiger partial charge in [-0.3, -0.25) is 4.79 Å². The number of rotatable bonds is 3. The van der Waals surface area contributed by atoms with Gasteiger partial charge in [-0.15, -0.1) is 0 Å². The zero-order valence-electron chi connectivity index (χ0n) is 10.9. The number of halogens is 2. The molecule has 2 aromatic rings. The Morgan fingerprint density at radius 2 is 2.05 bits per heavy atom. The number of amides is 1. The first-order valence-corrected chi connectivity index (χ1v) is 7.25. The number of nitrogens with one attached hydrogen (secondary N) is 1. The highest BCUT2D eigenvalue weighted by atomic mass is 79.9. The molecule has 0 radical (unpaired) electrons. The van der Waals surface area contributed by atoms with Crippen molar-refractivity contribution in [2.45, 2.75) is 13.0 Å². The lowest BCUT2D eigenvalue weighted by Crippen LogP contribution is -2.26. The highest BCUT2D eigenvalue weighted by Gasteiger charge is 2.12. The van der Waals surface area contributed by atoms with Crippen LogP contribution in [0.2, 0.25) is 5.02 Å². The minimum Gasteiger partial charge on any atom is -0.399 e. The fraction of sp³-hybridized carbons (Fsp3) is 0.133. The molecule has 1 amide bonds. The molecule has 2 aromatic carbocycles. The maximum atomic E-state index is 12.2. The Hall–Kier alpha value is -1.52. The van der Waals surface area contributed by atoms with Gasteiger partial charge in [-0.05, 0) is 42.8 Å². The number of carbonyl (C=O) groups excluding carboxylic acids is 1. The van der Waals surface area contributed by atoms with Crippen LogP contribution in [0.5, 0.6) is 0 Å². The third-order valence-corrected chi connectivity index (χ3v) is 3.57. The summed E-state index contributed by atoms with van der Waals surface area (Å²) in [6.45, 7) is 1.91. The van der Waals surface area contributed by atoms with Crippen LogP contribution in [-0.4, -0.2) is 5.91 Å². The molecule has 5 heteroatoms. The Labute approximate surface area is 131 Å². The van der Waals surface area contributed by atoms with Crippen molar-refractivity contribution in [1.82, 2.24) is 5.32 Å². The van der Waals surface area contributed by atoms with Crippen LogP contribution in [0.15, 0.2) is 46.9 Å². The summed E-state index contributed by atoms with van der Waals surface area (Å²) in [4.78, 5) is 12.2. The number of hydrogen-bond acceptors (Lipinski definition) is 2. The van der Waals surface area contributed by atoms with E-state index in [1.807, 2.05) is 25.1 Å². The van der Waals surface area contributed by atoms with Gasteiger partial charge in [0.25, 0.3) is 5.91 Å². The molecule has 0 spiro atoms. The molecule has 0 fully saturated rings. The predicted molar refractivity (Wildman–Crippen MR) is 85.9 cm³/mol. The number of nitrogens with two attached hydrogens (primary N) is 1. The average molecular weight is 354 g/mol. The first-order valence-electron chi connectivity index (χ1n) is 6.08. The molecule has 0 aliphatic heterocycles. The summed E-state index contributed by atoms with van der Waals surface area (Å²) in [5.41, 5.74) is 7.74. The molecule has 0 saturated heterocycles. The fourth-order valence-electron chi connectivity index (χ4n) is 1.88. The molecule has 0 heterocycles. The van der Waals surface area contributed by atoms with Crippen LogP contribution in [0, 0.1) is 0 Å². The Kier molecular flexibility index (Phi) is 4.68. The number of hydrogen-bond donors (Lipinski definition) is 2. The molecule has 20 heavy (non-hydrogen) atoms. The van der Waals surface area contributed by atoms with E-state index in [1.165, 1.54) is 0 Å². The van der Waals surface area contributed by atoms with E-state index in [1.54, 1.807) is 24.3 Å². The van der Waals surface area contributed by atoms with Gasteiger partial charge in [-0.1, -0.05) is 39.7 Å². The van der Waals surface area contributed by atoms with Crippen molar-refractivity contribution >= 4 is 39.1 Å². The molecular weight excluding hydrogens is 340 g/mol. The van der Waals surface area contributed by atoms with E-state index in [0.717, 1.165) is 10.0 Å². The molecular formula is C15H14BrClN2O. The second kappa shape index (κ2) is 6.29. The number of carbonyl (C=O) groups is 1. The molecule has 104 valence electrons. The highest BCUT2D eigenvalue weighted by molar-refractivity contribution is 9.10. The molecule has 0 aliphatic rings. The van der Waals surface area contributed by atoms with E-state index >= 15 is 0 Å². The summed E-state index contributed by atoms with van der Waals surface area (Å²) in [5, 5.41) is 3.57. The van der Waals surface area contributed by atoms with Crippen LogP contribution in [0.3, 0.4) is 0 Å². The summed E-state index contributed by atoms with van der Waals surface area (Å²) < 4.78 is 0.776. The Morgan fingerprint density at radius 3 is 2.70 bits per heavy atom. The molecule has 2 rings (SSSR count). The molecule has 0 bridgehead atoms. The zero-order valence-corrected chi connectivity index (χ0v) is 13.2. The quantitative estimate of drug-likeness (QED) is 0.813. The monoisotopic (exact) mass is 352 g/mol. The molecule has 0 aromatic heterocycles. The van der Waals surface area contributed by atoms with Crippen molar-refractivity contribution in [3.8, 4) is 0 Å². The van der Waals surface area contributed by atoms with Gasteiger partial charge in [0.2, 0.25) is 0 Å². The van der Waals surface area contributed by atoms with Crippen LogP contribution in [-0.2, 0) is 0 Å². The number of anilines is 1. The maximum absolute atomic E-state index is 12.2. The molecule has 0 aliphatic carbocycles. The van der Waals surface area contributed by atoms with E-state index in [9.17, 15) is 4.79 Å². The van der Waals surface area contributed by atoms with Gasteiger partial charge in [0.1, 0.15) is 0 Å². The third-order valence-electron chi connectivity index (χ3n) is 2.88. The predicted octanol–water partition coefficient (Wildman–Crippen LogP) is 4.18. The minimum atomic E-state index is -0.175. The summed E-state index contributed by atoms with van der Waals surface area (Å²) >= 11 is 9.27. The minimum absolute atomic E-state index is 0.138. The average Bonchev–Trinajstić information content (AvgIpc) is 2.37. The normalized spacial score (nSPS) is 11.9. The van der Waals surface area contributed by atoms with Gasteiger partial charge >= 0.3 is 0 Å². The fourth-order valence-corrected chi connectivity index (χ4v) is 2.59. The van der Waals surface area contributed by atoms with Gasteiger partial charge in [-0.25, -0.2) is 0 Å². The van der Waals surface area contributed by atoms with Gasteiger partial charge in [0.15, 0.2) is 0 Å². The number of benzene rings is 2. The Bertz CT molecular complexity index is 625. The summed E-state index contributed by atoms with van der Waals surface area (Å²) in [7, 11) is 0. The lowest BCUT2D eigenvalue weighted by molar-refractivity contribution is 0.0940. The van der Waals surface area contributed by atoms with Gasteiger partial charge in [0.05, 0.1) is 6.04 Å². The van der Waals surface area contributed by atoms with Crippen LogP contribution in [0.1, 0.15) is 28.9 Å². The van der Waals surface area contributed by atoms with E-state index < -0.39 is 0 Å². The Balaban J connectivity index is 2.15. The van der Waals surface area contributed by atoms with Crippen LogP contribution in [0.25, 0.3) is 0 Å². The van der Waals surface area contributed by atoms with Crippen molar-refractivity contribution < 1.29 is 4.79 Å². The first kappa shape index (κ1) is 14.9. The second-order valence-corrected chi connectivity index (χ2v) is 5.88. The van der Waals surface area contributed by atoms with E-state index in [2.05, 4.69) is 21.2 Å². The van der Waals surface area contributed by atoms with Crippen LogP contribution in [0.4, 0.5) is 5.69 Å².